The first-order chi connectivity index (χ1) is 15.5. The normalized spacial score (nSPS) is 13.8. The zero-order valence-electron chi connectivity index (χ0n) is 17.8. The van der Waals surface area contributed by atoms with Gasteiger partial charge >= 0.3 is 6.03 Å². The van der Waals surface area contributed by atoms with Gasteiger partial charge in [-0.05, 0) is 66.6 Å². The quantitative estimate of drug-likeness (QED) is 0.600. The lowest BCUT2D eigenvalue weighted by Crippen LogP contribution is -2.49. The summed E-state index contributed by atoms with van der Waals surface area (Å²) in [5.74, 6) is 0.147. The van der Waals surface area contributed by atoms with E-state index in [1.165, 1.54) is 12.1 Å². The number of anilines is 2. The van der Waals surface area contributed by atoms with Crippen LogP contribution in [-0.4, -0.2) is 37.0 Å². The summed E-state index contributed by atoms with van der Waals surface area (Å²) < 4.78 is 18.3. The molecule has 3 aromatic rings. The standard InChI is InChI=1S/C25H24FN3O3/c1-32-23-12-10-21(11-13-23)27-24(30)19-4-2-5-22(16-19)29-15-3-14-28(25(29)31)17-18-6-8-20(26)9-7-18/h2,4-13,16H,3,14-15,17H2,1H3,(H,27,30). The van der Waals surface area contributed by atoms with Gasteiger partial charge in [-0.25, -0.2) is 9.18 Å². The van der Waals surface area contributed by atoms with Crippen LogP contribution in [0.5, 0.6) is 5.75 Å². The van der Waals surface area contributed by atoms with Gasteiger partial charge in [0.1, 0.15) is 11.6 Å². The Kier molecular flexibility index (Phi) is 6.35. The Balaban J connectivity index is 1.46. The number of carbonyl (C=O) groups excluding carboxylic acids is 2. The van der Waals surface area contributed by atoms with E-state index in [2.05, 4.69) is 5.32 Å². The van der Waals surface area contributed by atoms with E-state index in [4.69, 9.17) is 4.74 Å². The maximum Gasteiger partial charge on any atom is 0.324 e. The molecular formula is C25H24FN3O3. The number of carbonyl (C=O) groups is 2. The minimum atomic E-state index is -0.301. The Morgan fingerprint density at radius 2 is 1.78 bits per heavy atom. The van der Waals surface area contributed by atoms with Gasteiger partial charge in [0.25, 0.3) is 5.91 Å². The predicted molar refractivity (Wildman–Crippen MR) is 122 cm³/mol. The molecule has 0 saturated carbocycles. The average Bonchev–Trinajstić information content (AvgIpc) is 2.82. The monoisotopic (exact) mass is 433 g/mol. The molecule has 1 aliphatic rings. The van der Waals surface area contributed by atoms with E-state index in [0.29, 0.717) is 42.3 Å². The number of benzene rings is 3. The average molecular weight is 433 g/mol. The van der Waals surface area contributed by atoms with Crippen LogP contribution >= 0.6 is 0 Å². The molecule has 1 fully saturated rings. The molecule has 0 unspecified atom stereocenters. The number of hydrogen-bond donors (Lipinski definition) is 1. The maximum atomic E-state index is 13.2. The summed E-state index contributed by atoms with van der Waals surface area (Å²) in [5.41, 5.74) is 2.65. The van der Waals surface area contributed by atoms with E-state index in [9.17, 15) is 14.0 Å². The van der Waals surface area contributed by atoms with E-state index in [0.717, 1.165) is 12.0 Å². The molecule has 0 radical (unpaired) electrons. The van der Waals surface area contributed by atoms with Crippen molar-refractivity contribution in [2.45, 2.75) is 13.0 Å². The van der Waals surface area contributed by atoms with Gasteiger partial charge in [0.2, 0.25) is 0 Å². The van der Waals surface area contributed by atoms with E-state index in [1.807, 2.05) is 6.07 Å². The SMILES string of the molecule is COc1ccc(NC(=O)c2cccc(N3CCCN(Cc4ccc(F)cc4)C3=O)c2)cc1. The third-order valence-corrected chi connectivity index (χ3v) is 5.37. The molecule has 0 aliphatic carbocycles. The first kappa shape index (κ1) is 21.4. The molecule has 164 valence electrons. The summed E-state index contributed by atoms with van der Waals surface area (Å²) in [4.78, 5) is 29.2. The molecule has 6 nitrogen and oxygen atoms in total. The summed E-state index contributed by atoms with van der Waals surface area (Å²) in [6, 6.07) is 20.1. The lowest BCUT2D eigenvalue weighted by atomic mass is 10.1. The molecule has 1 heterocycles. The lowest BCUT2D eigenvalue weighted by molar-refractivity contribution is 0.102. The van der Waals surface area contributed by atoms with E-state index >= 15 is 0 Å². The minimum Gasteiger partial charge on any atom is -0.497 e. The highest BCUT2D eigenvalue weighted by molar-refractivity contribution is 6.05. The second-order valence-electron chi connectivity index (χ2n) is 7.57. The molecule has 1 saturated heterocycles. The van der Waals surface area contributed by atoms with Gasteiger partial charge in [0.05, 0.1) is 7.11 Å². The predicted octanol–water partition coefficient (Wildman–Crippen LogP) is 4.92. The van der Waals surface area contributed by atoms with Crippen molar-refractivity contribution in [1.82, 2.24) is 4.90 Å². The van der Waals surface area contributed by atoms with Gasteiger partial charge in [-0.1, -0.05) is 18.2 Å². The summed E-state index contributed by atoms with van der Waals surface area (Å²) >= 11 is 0. The molecule has 4 rings (SSSR count). The number of ether oxygens (including phenoxy) is 1. The van der Waals surface area contributed by atoms with E-state index in [1.54, 1.807) is 71.5 Å². The lowest BCUT2D eigenvalue weighted by Gasteiger charge is -2.35. The molecule has 7 heteroatoms. The van der Waals surface area contributed by atoms with Crippen molar-refractivity contribution in [2.24, 2.45) is 0 Å². The molecule has 32 heavy (non-hydrogen) atoms. The van der Waals surface area contributed by atoms with Crippen molar-refractivity contribution in [1.29, 1.82) is 0 Å². The number of amides is 3. The number of nitrogens with one attached hydrogen (secondary N) is 1. The second kappa shape index (κ2) is 9.51. The first-order valence-corrected chi connectivity index (χ1v) is 10.4. The molecule has 0 atom stereocenters. The van der Waals surface area contributed by atoms with Crippen molar-refractivity contribution in [2.75, 3.05) is 30.4 Å². The molecule has 1 aliphatic heterocycles. The van der Waals surface area contributed by atoms with Crippen LogP contribution in [0.3, 0.4) is 0 Å². The molecule has 0 spiro atoms. The van der Waals surface area contributed by atoms with E-state index in [-0.39, 0.29) is 17.8 Å². The number of urea groups is 1. The van der Waals surface area contributed by atoms with Crippen LogP contribution in [-0.2, 0) is 6.54 Å². The highest BCUT2D eigenvalue weighted by Gasteiger charge is 2.27. The van der Waals surface area contributed by atoms with Gasteiger partial charge in [0, 0.05) is 36.6 Å². The highest BCUT2D eigenvalue weighted by Crippen LogP contribution is 2.23. The molecule has 3 aromatic carbocycles. The second-order valence-corrected chi connectivity index (χ2v) is 7.57. The van der Waals surface area contributed by atoms with Crippen molar-refractivity contribution in [3.05, 3.63) is 89.7 Å². The van der Waals surface area contributed by atoms with Crippen LogP contribution in [0.1, 0.15) is 22.3 Å². The Hall–Kier alpha value is -3.87. The van der Waals surface area contributed by atoms with Gasteiger partial charge < -0.3 is 15.0 Å². The maximum absolute atomic E-state index is 13.2. The summed E-state index contributed by atoms with van der Waals surface area (Å²) in [6.45, 7) is 1.61. The van der Waals surface area contributed by atoms with Gasteiger partial charge in [-0.3, -0.25) is 9.69 Å². The van der Waals surface area contributed by atoms with Gasteiger partial charge in [-0.15, -0.1) is 0 Å². The van der Waals surface area contributed by atoms with Crippen LogP contribution in [0.4, 0.5) is 20.6 Å². The number of nitrogens with zero attached hydrogens (tertiary/aromatic N) is 2. The summed E-state index contributed by atoms with van der Waals surface area (Å²) in [7, 11) is 1.59. The number of rotatable bonds is 6. The highest BCUT2D eigenvalue weighted by atomic mass is 19.1. The first-order valence-electron chi connectivity index (χ1n) is 10.4. The Labute approximate surface area is 186 Å². The number of hydrogen-bond acceptors (Lipinski definition) is 3. The third kappa shape index (κ3) is 4.88. The molecule has 1 N–H and O–H groups in total. The fourth-order valence-electron chi connectivity index (χ4n) is 3.67. The Morgan fingerprint density at radius 1 is 1.03 bits per heavy atom. The molecule has 0 aromatic heterocycles. The Morgan fingerprint density at radius 3 is 2.50 bits per heavy atom. The topological polar surface area (TPSA) is 61.9 Å². The van der Waals surface area contributed by atoms with Crippen LogP contribution in [0.25, 0.3) is 0 Å². The van der Waals surface area contributed by atoms with Crippen molar-refractivity contribution in [3.63, 3.8) is 0 Å². The molecule has 3 amide bonds. The van der Waals surface area contributed by atoms with Crippen LogP contribution < -0.4 is 15.0 Å². The Bertz CT molecular complexity index is 1100. The smallest absolute Gasteiger partial charge is 0.324 e. The van der Waals surface area contributed by atoms with Crippen LogP contribution in [0.15, 0.2) is 72.8 Å². The largest absolute Gasteiger partial charge is 0.497 e. The molecular weight excluding hydrogens is 409 g/mol. The summed E-state index contributed by atoms with van der Waals surface area (Å²) in [5, 5.41) is 2.86. The zero-order chi connectivity index (χ0) is 22.5. The van der Waals surface area contributed by atoms with Gasteiger partial charge in [0.15, 0.2) is 0 Å². The van der Waals surface area contributed by atoms with Gasteiger partial charge in [-0.2, -0.15) is 0 Å². The summed E-state index contributed by atoms with van der Waals surface area (Å²) in [6.07, 6.45) is 0.801. The fourth-order valence-corrected chi connectivity index (χ4v) is 3.67. The molecule has 0 bridgehead atoms. The third-order valence-electron chi connectivity index (χ3n) is 5.37. The van der Waals surface area contributed by atoms with Crippen molar-refractivity contribution in [3.8, 4) is 5.75 Å². The number of methoxy groups -OCH3 is 1. The van der Waals surface area contributed by atoms with Crippen molar-refractivity contribution < 1.29 is 18.7 Å². The number of halogens is 1. The zero-order valence-corrected chi connectivity index (χ0v) is 17.8. The minimum absolute atomic E-state index is 0.131. The van der Waals surface area contributed by atoms with Crippen LogP contribution in [0, 0.1) is 5.82 Å². The fraction of sp³-hybridized carbons (Fsp3) is 0.200. The van der Waals surface area contributed by atoms with E-state index < -0.39 is 0 Å². The van der Waals surface area contributed by atoms with Crippen LogP contribution in [0.2, 0.25) is 0 Å². The van der Waals surface area contributed by atoms with Crippen molar-refractivity contribution >= 4 is 23.3 Å².